The van der Waals surface area contributed by atoms with Crippen molar-refractivity contribution in [2.75, 3.05) is 18.5 Å². The van der Waals surface area contributed by atoms with Gasteiger partial charge in [0, 0.05) is 41.9 Å². The molecule has 1 N–H and O–H groups in total. The van der Waals surface area contributed by atoms with Gasteiger partial charge in [-0.1, -0.05) is 12.1 Å². The lowest BCUT2D eigenvalue weighted by Gasteiger charge is -2.14. The number of anilines is 1. The Morgan fingerprint density at radius 3 is 2.88 bits per heavy atom. The minimum Gasteiger partial charge on any atom is -0.490 e. The zero-order valence-corrected chi connectivity index (χ0v) is 13.4. The van der Waals surface area contributed by atoms with Crippen LogP contribution in [0.25, 0.3) is 10.9 Å². The first-order valence-corrected chi connectivity index (χ1v) is 8.07. The number of halogens is 2. The molecule has 0 atom stereocenters. The number of benzene rings is 2. The van der Waals surface area contributed by atoms with Crippen molar-refractivity contribution in [2.24, 2.45) is 0 Å². The summed E-state index contributed by atoms with van der Waals surface area (Å²) in [5, 5.41) is 3.62. The Kier molecular flexibility index (Phi) is 4.09. The van der Waals surface area contributed by atoms with E-state index in [-0.39, 0.29) is 5.52 Å². The molecule has 1 aromatic heterocycles. The van der Waals surface area contributed by atoms with E-state index in [1.807, 2.05) is 18.2 Å². The van der Waals surface area contributed by atoms with Gasteiger partial charge in [0.15, 0.2) is 17.3 Å². The summed E-state index contributed by atoms with van der Waals surface area (Å²) in [5.41, 5.74) is 1.66. The maximum atomic E-state index is 13.9. The SMILES string of the molecule is Fc1cc(F)c2nccc(NCc3cccc4c3OCCCO4)c2c1. The normalized spacial score (nSPS) is 13.5. The van der Waals surface area contributed by atoms with Crippen LogP contribution in [0.5, 0.6) is 11.5 Å². The number of rotatable bonds is 3. The molecule has 0 bridgehead atoms. The van der Waals surface area contributed by atoms with E-state index in [0.717, 1.165) is 18.1 Å². The smallest absolute Gasteiger partial charge is 0.166 e. The van der Waals surface area contributed by atoms with Crippen molar-refractivity contribution in [1.29, 1.82) is 0 Å². The Bertz CT molecular complexity index is 931. The number of pyridine rings is 1. The zero-order valence-electron chi connectivity index (χ0n) is 13.4. The second-order valence-corrected chi connectivity index (χ2v) is 5.79. The number of hydrogen-bond acceptors (Lipinski definition) is 4. The Morgan fingerprint density at radius 1 is 1.08 bits per heavy atom. The summed E-state index contributed by atoms with van der Waals surface area (Å²) in [6.07, 6.45) is 2.33. The van der Waals surface area contributed by atoms with Crippen LogP contribution in [-0.2, 0) is 6.54 Å². The van der Waals surface area contributed by atoms with Gasteiger partial charge in [-0.2, -0.15) is 0 Å². The van der Waals surface area contributed by atoms with Crippen molar-refractivity contribution >= 4 is 16.6 Å². The van der Waals surface area contributed by atoms with E-state index in [9.17, 15) is 8.78 Å². The molecule has 0 saturated carbocycles. The second kappa shape index (κ2) is 6.55. The van der Waals surface area contributed by atoms with Crippen LogP contribution in [0, 0.1) is 11.6 Å². The van der Waals surface area contributed by atoms with Gasteiger partial charge in [0.05, 0.1) is 13.2 Å². The molecule has 4 nitrogen and oxygen atoms in total. The van der Waals surface area contributed by atoms with Crippen molar-refractivity contribution in [1.82, 2.24) is 4.98 Å². The highest BCUT2D eigenvalue weighted by Gasteiger charge is 2.15. The van der Waals surface area contributed by atoms with Crippen molar-refractivity contribution in [3.05, 3.63) is 59.8 Å². The maximum Gasteiger partial charge on any atom is 0.166 e. The summed E-state index contributed by atoms with van der Waals surface area (Å²) in [5.74, 6) is 0.118. The molecule has 6 heteroatoms. The number of nitrogens with zero attached hydrogens (tertiary/aromatic N) is 1. The van der Waals surface area contributed by atoms with Gasteiger partial charge in [0.1, 0.15) is 11.3 Å². The zero-order chi connectivity index (χ0) is 17.2. The molecule has 4 rings (SSSR count). The number of aromatic nitrogens is 1. The molecule has 3 aromatic rings. The quantitative estimate of drug-likeness (QED) is 0.771. The minimum absolute atomic E-state index is 0.137. The summed E-state index contributed by atoms with van der Waals surface area (Å²) in [7, 11) is 0. The average molecular weight is 342 g/mol. The predicted octanol–water partition coefficient (Wildman–Crippen LogP) is 4.29. The molecule has 2 aromatic carbocycles. The van der Waals surface area contributed by atoms with Gasteiger partial charge >= 0.3 is 0 Å². The lowest BCUT2D eigenvalue weighted by molar-refractivity contribution is 0.296. The number of fused-ring (bicyclic) bond motifs is 2. The lowest BCUT2D eigenvalue weighted by Crippen LogP contribution is -2.04. The molecule has 0 spiro atoms. The van der Waals surface area contributed by atoms with E-state index in [4.69, 9.17) is 9.47 Å². The van der Waals surface area contributed by atoms with E-state index >= 15 is 0 Å². The van der Waals surface area contributed by atoms with Crippen molar-refractivity contribution < 1.29 is 18.3 Å². The first-order valence-electron chi connectivity index (χ1n) is 8.07. The fourth-order valence-electron chi connectivity index (χ4n) is 2.92. The summed E-state index contributed by atoms with van der Waals surface area (Å²) in [6.45, 7) is 1.65. The topological polar surface area (TPSA) is 43.4 Å². The molecule has 0 amide bonds. The lowest BCUT2D eigenvalue weighted by atomic mass is 10.1. The van der Waals surface area contributed by atoms with E-state index in [0.29, 0.717) is 42.3 Å². The fraction of sp³-hybridized carbons (Fsp3) is 0.211. The van der Waals surface area contributed by atoms with Crippen LogP contribution in [0.2, 0.25) is 0 Å². The van der Waals surface area contributed by atoms with Crippen molar-refractivity contribution in [3.63, 3.8) is 0 Å². The minimum atomic E-state index is -0.677. The molecular weight excluding hydrogens is 326 g/mol. The van der Waals surface area contributed by atoms with Crippen LogP contribution >= 0.6 is 0 Å². The first kappa shape index (κ1) is 15.6. The van der Waals surface area contributed by atoms with Crippen LogP contribution in [0.3, 0.4) is 0 Å². The molecule has 1 aliphatic rings. The molecule has 0 fully saturated rings. The third-order valence-corrected chi connectivity index (χ3v) is 4.09. The van der Waals surface area contributed by atoms with Crippen LogP contribution in [0.1, 0.15) is 12.0 Å². The molecule has 2 heterocycles. The maximum absolute atomic E-state index is 13.9. The van der Waals surface area contributed by atoms with Gasteiger partial charge in [0.2, 0.25) is 0 Å². The fourth-order valence-corrected chi connectivity index (χ4v) is 2.92. The summed E-state index contributed by atoms with van der Waals surface area (Å²) in [6, 6.07) is 9.51. The molecule has 128 valence electrons. The van der Waals surface area contributed by atoms with Gasteiger partial charge in [-0.05, 0) is 18.2 Å². The molecule has 0 aliphatic carbocycles. The highest BCUT2D eigenvalue weighted by molar-refractivity contribution is 5.91. The summed E-state index contributed by atoms with van der Waals surface area (Å²) in [4.78, 5) is 3.99. The molecule has 0 unspecified atom stereocenters. The number of ether oxygens (including phenoxy) is 2. The first-order chi connectivity index (χ1) is 12.2. The van der Waals surface area contributed by atoms with E-state index < -0.39 is 11.6 Å². The standard InChI is InChI=1S/C19H16F2N2O2/c20-13-9-14-16(5-6-22-18(14)15(21)10-13)23-11-12-3-1-4-17-19(12)25-8-2-7-24-17/h1,3-6,9-10H,2,7-8,11H2,(H,22,23). The predicted molar refractivity (Wildman–Crippen MR) is 91.0 cm³/mol. The van der Waals surface area contributed by atoms with E-state index in [1.54, 1.807) is 6.07 Å². The van der Waals surface area contributed by atoms with Crippen molar-refractivity contribution in [3.8, 4) is 11.5 Å². The van der Waals surface area contributed by atoms with Gasteiger partial charge in [-0.3, -0.25) is 4.98 Å². The van der Waals surface area contributed by atoms with Gasteiger partial charge in [0.25, 0.3) is 0 Å². The van der Waals surface area contributed by atoms with Crippen LogP contribution in [0.4, 0.5) is 14.5 Å². The highest BCUT2D eigenvalue weighted by Crippen LogP contribution is 2.34. The largest absolute Gasteiger partial charge is 0.490 e. The van der Waals surface area contributed by atoms with Gasteiger partial charge < -0.3 is 14.8 Å². The molecule has 0 saturated heterocycles. The Hall–Kier alpha value is -2.89. The Balaban J connectivity index is 1.66. The monoisotopic (exact) mass is 342 g/mol. The third-order valence-electron chi connectivity index (χ3n) is 4.09. The molecule has 25 heavy (non-hydrogen) atoms. The Labute approximate surface area is 143 Å². The summed E-state index contributed by atoms with van der Waals surface area (Å²) < 4.78 is 38.9. The van der Waals surface area contributed by atoms with Gasteiger partial charge in [-0.15, -0.1) is 0 Å². The molecule has 1 aliphatic heterocycles. The number of nitrogens with one attached hydrogen (secondary N) is 1. The van der Waals surface area contributed by atoms with E-state index in [2.05, 4.69) is 10.3 Å². The van der Waals surface area contributed by atoms with Crippen LogP contribution in [-0.4, -0.2) is 18.2 Å². The second-order valence-electron chi connectivity index (χ2n) is 5.79. The highest BCUT2D eigenvalue weighted by atomic mass is 19.1. The average Bonchev–Trinajstić information content (AvgIpc) is 2.86. The Morgan fingerprint density at radius 2 is 1.96 bits per heavy atom. The number of para-hydroxylation sites is 1. The van der Waals surface area contributed by atoms with Crippen LogP contribution < -0.4 is 14.8 Å². The van der Waals surface area contributed by atoms with Crippen molar-refractivity contribution in [2.45, 2.75) is 13.0 Å². The number of hydrogen-bond donors (Lipinski definition) is 1. The molecule has 0 radical (unpaired) electrons. The van der Waals surface area contributed by atoms with Crippen LogP contribution in [0.15, 0.2) is 42.6 Å². The third kappa shape index (κ3) is 3.07. The molecular formula is C19H16F2N2O2. The van der Waals surface area contributed by atoms with E-state index in [1.165, 1.54) is 12.3 Å². The summed E-state index contributed by atoms with van der Waals surface area (Å²) >= 11 is 0. The van der Waals surface area contributed by atoms with Gasteiger partial charge in [-0.25, -0.2) is 8.78 Å².